The molecule has 0 bridgehead atoms. The first-order valence-corrected chi connectivity index (χ1v) is 12.6. The van der Waals surface area contributed by atoms with Crippen molar-refractivity contribution in [3.8, 4) is 0 Å². The van der Waals surface area contributed by atoms with Crippen LogP contribution >= 0.6 is 0 Å². The minimum absolute atomic E-state index is 0.112. The van der Waals surface area contributed by atoms with Crippen molar-refractivity contribution in [2.45, 2.75) is 52.7 Å². The molecule has 0 saturated carbocycles. The molecule has 1 fully saturated rings. The number of pyridine rings is 1. The number of carbonyl (C=O) groups excluding carboxylic acids is 1. The van der Waals surface area contributed by atoms with Gasteiger partial charge in [0.2, 0.25) is 0 Å². The molecule has 1 saturated heterocycles. The number of nitrogens with two attached hydrogens (primary N) is 1. The van der Waals surface area contributed by atoms with Gasteiger partial charge in [0.15, 0.2) is 5.82 Å². The monoisotopic (exact) mass is 487 g/mol. The number of hydrogen-bond acceptors (Lipinski definition) is 7. The van der Waals surface area contributed by atoms with E-state index in [-0.39, 0.29) is 12.0 Å². The highest BCUT2D eigenvalue weighted by molar-refractivity contribution is 5.78. The van der Waals surface area contributed by atoms with E-state index in [0.29, 0.717) is 25.3 Å². The number of anilines is 3. The average Bonchev–Trinajstić information content (AvgIpc) is 2.86. The van der Waals surface area contributed by atoms with Crippen molar-refractivity contribution in [2.75, 3.05) is 29.0 Å². The summed E-state index contributed by atoms with van der Waals surface area (Å²) in [5.41, 5.74) is 10.0. The van der Waals surface area contributed by atoms with Crippen molar-refractivity contribution < 1.29 is 9.63 Å². The Balaban J connectivity index is 1.52. The Hall–Kier alpha value is -3.58. The fraction of sp³-hybridized carbons (Fsp3) is 0.379. The summed E-state index contributed by atoms with van der Waals surface area (Å²) in [6.07, 6.45) is 3.71. The van der Waals surface area contributed by atoms with Crippen LogP contribution in [0.15, 0.2) is 72.9 Å². The van der Waals surface area contributed by atoms with Gasteiger partial charge in [0.05, 0.1) is 23.3 Å². The Kier molecular flexibility index (Phi) is 8.10. The number of nitrogens with one attached hydrogen (secondary N) is 1. The molecule has 1 aromatic heterocycles. The minimum atomic E-state index is -0.536. The first-order valence-electron chi connectivity index (χ1n) is 12.6. The van der Waals surface area contributed by atoms with E-state index in [0.717, 1.165) is 30.9 Å². The molecule has 7 heteroatoms. The van der Waals surface area contributed by atoms with Crippen molar-refractivity contribution in [2.24, 2.45) is 5.41 Å². The van der Waals surface area contributed by atoms with Crippen LogP contribution in [0.25, 0.3) is 0 Å². The molecule has 4 rings (SSSR count). The van der Waals surface area contributed by atoms with Crippen LogP contribution in [0.3, 0.4) is 0 Å². The molecule has 3 aromatic rings. The van der Waals surface area contributed by atoms with Gasteiger partial charge >= 0.3 is 5.97 Å². The van der Waals surface area contributed by atoms with Gasteiger partial charge in [0.1, 0.15) is 0 Å². The van der Waals surface area contributed by atoms with Crippen LogP contribution in [0.4, 0.5) is 17.2 Å². The summed E-state index contributed by atoms with van der Waals surface area (Å²) >= 11 is 0. The van der Waals surface area contributed by atoms with Gasteiger partial charge < -0.3 is 20.8 Å². The van der Waals surface area contributed by atoms with Crippen molar-refractivity contribution in [3.63, 3.8) is 0 Å². The number of piperidine rings is 1. The smallest absolute Gasteiger partial charge is 0.330 e. The third kappa shape index (κ3) is 6.76. The molecule has 2 aromatic carbocycles. The van der Waals surface area contributed by atoms with E-state index in [1.165, 1.54) is 11.1 Å². The second-order valence-electron chi connectivity index (χ2n) is 10.4. The molecular formula is C29H37N5O2. The van der Waals surface area contributed by atoms with E-state index in [1.807, 2.05) is 63.2 Å². The van der Waals surface area contributed by atoms with E-state index in [4.69, 9.17) is 10.6 Å². The Labute approximate surface area is 214 Å². The maximum absolute atomic E-state index is 12.4. The highest BCUT2D eigenvalue weighted by atomic mass is 16.7. The first kappa shape index (κ1) is 25.5. The molecule has 0 aliphatic carbocycles. The Morgan fingerprint density at radius 1 is 1.06 bits per heavy atom. The van der Waals surface area contributed by atoms with Crippen molar-refractivity contribution in [1.82, 2.24) is 10.0 Å². The van der Waals surface area contributed by atoms with Crippen LogP contribution in [0.5, 0.6) is 0 Å². The summed E-state index contributed by atoms with van der Waals surface area (Å²) < 4.78 is 0. The number of hydrogen-bond donors (Lipinski definition) is 2. The Bertz CT molecular complexity index is 1090. The number of hydroxylamine groups is 2. The first-order chi connectivity index (χ1) is 17.3. The quantitative estimate of drug-likeness (QED) is 0.449. The lowest BCUT2D eigenvalue weighted by molar-refractivity contribution is -0.204. The molecule has 1 aliphatic heterocycles. The van der Waals surface area contributed by atoms with E-state index in [2.05, 4.69) is 39.5 Å². The maximum Gasteiger partial charge on any atom is 0.330 e. The van der Waals surface area contributed by atoms with Crippen LogP contribution in [-0.2, 0) is 22.7 Å². The van der Waals surface area contributed by atoms with Crippen molar-refractivity contribution in [3.05, 3.63) is 84.1 Å². The lowest BCUT2D eigenvalue weighted by Crippen LogP contribution is -2.44. The molecule has 1 atom stereocenters. The number of rotatable bonds is 8. The lowest BCUT2D eigenvalue weighted by Gasteiger charge is -2.34. The fourth-order valence-electron chi connectivity index (χ4n) is 4.27. The van der Waals surface area contributed by atoms with E-state index >= 15 is 0 Å². The maximum atomic E-state index is 12.4. The van der Waals surface area contributed by atoms with Crippen LogP contribution in [-0.4, -0.2) is 35.1 Å². The zero-order chi connectivity index (χ0) is 25.5. The number of benzene rings is 2. The molecule has 7 nitrogen and oxygen atoms in total. The van der Waals surface area contributed by atoms with Gasteiger partial charge in [-0.05, 0) is 50.8 Å². The molecule has 36 heavy (non-hydrogen) atoms. The van der Waals surface area contributed by atoms with Gasteiger partial charge in [-0.2, -0.15) is 0 Å². The molecular weight excluding hydrogens is 450 g/mol. The molecule has 1 aliphatic rings. The van der Waals surface area contributed by atoms with Gasteiger partial charge in [-0.25, -0.2) is 9.78 Å². The number of aromatic nitrogens is 1. The zero-order valence-corrected chi connectivity index (χ0v) is 21.5. The highest BCUT2D eigenvalue weighted by Gasteiger charge is 2.29. The van der Waals surface area contributed by atoms with E-state index < -0.39 is 5.41 Å². The van der Waals surface area contributed by atoms with Crippen LogP contribution in [0.1, 0.15) is 44.7 Å². The molecule has 3 N–H and O–H groups in total. The highest BCUT2D eigenvalue weighted by Crippen LogP contribution is 2.32. The number of nitrogen functional groups attached to an aromatic ring is 1. The van der Waals surface area contributed by atoms with Crippen LogP contribution in [0.2, 0.25) is 0 Å². The minimum Gasteiger partial charge on any atom is -0.394 e. The molecule has 190 valence electrons. The fourth-order valence-corrected chi connectivity index (χ4v) is 4.27. The SMILES string of the molecule is CC(C)(C)C(=O)ON1CCC[C@@H](Nc2ccnc(N(Cc3ccccc3)Cc3ccccc3)c2N)C1. The van der Waals surface area contributed by atoms with Crippen molar-refractivity contribution in [1.29, 1.82) is 0 Å². The molecule has 2 heterocycles. The second-order valence-corrected chi connectivity index (χ2v) is 10.4. The third-order valence-corrected chi connectivity index (χ3v) is 6.27. The molecule has 0 amide bonds. The van der Waals surface area contributed by atoms with Gasteiger partial charge in [-0.15, -0.1) is 5.06 Å². The predicted molar refractivity (Wildman–Crippen MR) is 145 cm³/mol. The topological polar surface area (TPSA) is 83.7 Å². The zero-order valence-electron chi connectivity index (χ0n) is 21.5. The number of nitrogens with zero attached hydrogens (tertiary/aromatic N) is 3. The van der Waals surface area contributed by atoms with Crippen LogP contribution in [0, 0.1) is 5.41 Å². The van der Waals surface area contributed by atoms with Gasteiger partial charge in [0, 0.05) is 31.9 Å². The Morgan fingerprint density at radius 2 is 1.67 bits per heavy atom. The average molecular weight is 488 g/mol. The largest absolute Gasteiger partial charge is 0.394 e. The standard InChI is InChI=1S/C29H37N5O2/c1-29(2,3)28(35)36-34-18-10-15-24(21-34)32-25-16-17-31-27(26(25)30)33(19-22-11-6-4-7-12-22)20-23-13-8-5-9-14-23/h4-9,11-14,16-17,24H,10,15,18-21,30H2,1-3H3,(H,31,32)/t24-/m1/s1. The summed E-state index contributed by atoms with van der Waals surface area (Å²) in [5, 5.41) is 5.36. The number of carbonyl (C=O) groups is 1. The summed E-state index contributed by atoms with van der Waals surface area (Å²) in [6.45, 7) is 8.32. The lowest BCUT2D eigenvalue weighted by atomic mass is 9.98. The summed E-state index contributed by atoms with van der Waals surface area (Å²) in [7, 11) is 0. The summed E-state index contributed by atoms with van der Waals surface area (Å²) in [6, 6.07) is 22.7. The summed E-state index contributed by atoms with van der Waals surface area (Å²) in [5.74, 6) is 0.533. The van der Waals surface area contributed by atoms with E-state index in [1.54, 1.807) is 11.3 Å². The van der Waals surface area contributed by atoms with Gasteiger partial charge in [-0.3, -0.25) is 0 Å². The molecule has 0 radical (unpaired) electrons. The normalized spacial score (nSPS) is 16.4. The van der Waals surface area contributed by atoms with Gasteiger partial charge in [0.25, 0.3) is 0 Å². The third-order valence-electron chi connectivity index (χ3n) is 6.27. The van der Waals surface area contributed by atoms with E-state index in [9.17, 15) is 4.79 Å². The second kappa shape index (κ2) is 11.4. The van der Waals surface area contributed by atoms with Gasteiger partial charge in [-0.1, -0.05) is 60.7 Å². The predicted octanol–water partition coefficient (Wildman–Crippen LogP) is 5.25. The Morgan fingerprint density at radius 3 is 2.25 bits per heavy atom. The molecule has 0 unspecified atom stereocenters. The van der Waals surface area contributed by atoms with Crippen LogP contribution < -0.4 is 16.0 Å². The van der Waals surface area contributed by atoms with Crippen molar-refractivity contribution >= 4 is 23.2 Å². The summed E-state index contributed by atoms with van der Waals surface area (Å²) in [4.78, 5) is 24.9. The molecule has 0 spiro atoms.